The molecule has 1 aliphatic heterocycles. The molecule has 1 atom stereocenters. The molecule has 4 nitrogen and oxygen atoms in total. The molecule has 0 aliphatic carbocycles. The van der Waals surface area contributed by atoms with Crippen molar-refractivity contribution < 1.29 is 14.6 Å². The van der Waals surface area contributed by atoms with Crippen molar-refractivity contribution >= 4 is 21.9 Å². The number of carbonyl (C=O) groups is 1. The van der Waals surface area contributed by atoms with Crippen molar-refractivity contribution in [1.82, 2.24) is 5.32 Å². The number of aliphatic carboxylic acids is 1. The average Bonchev–Trinajstić information content (AvgIpc) is 2.39. The number of carboxylic acids is 1. The van der Waals surface area contributed by atoms with E-state index in [1.807, 2.05) is 24.3 Å². The van der Waals surface area contributed by atoms with Crippen LogP contribution in [0.4, 0.5) is 0 Å². The van der Waals surface area contributed by atoms with Crippen LogP contribution in [-0.4, -0.2) is 30.8 Å². The highest BCUT2D eigenvalue weighted by molar-refractivity contribution is 9.10. The second-order valence-corrected chi connectivity index (χ2v) is 6.06. The summed E-state index contributed by atoms with van der Waals surface area (Å²) in [6, 6.07) is 8.00. The van der Waals surface area contributed by atoms with Gasteiger partial charge in [-0.2, -0.15) is 0 Å². The lowest BCUT2D eigenvalue weighted by Gasteiger charge is -2.36. The number of ether oxygens (including phenoxy) is 1. The zero-order valence-electron chi connectivity index (χ0n) is 11.4. The van der Waals surface area contributed by atoms with Gasteiger partial charge in [-0.3, -0.25) is 0 Å². The van der Waals surface area contributed by atoms with E-state index in [4.69, 9.17) is 9.84 Å². The fourth-order valence-electron chi connectivity index (χ4n) is 2.67. The summed E-state index contributed by atoms with van der Waals surface area (Å²) in [5.41, 5.74) is 0.567. The summed E-state index contributed by atoms with van der Waals surface area (Å²) in [6.45, 7) is 1.61. The molecule has 2 rings (SSSR count). The first-order valence-electron chi connectivity index (χ1n) is 6.95. The van der Waals surface area contributed by atoms with E-state index in [2.05, 4.69) is 21.2 Å². The molecule has 0 amide bonds. The summed E-state index contributed by atoms with van der Waals surface area (Å²) in [6.07, 6.45) is 3.78. The first kappa shape index (κ1) is 15.5. The first-order valence-corrected chi connectivity index (χ1v) is 7.74. The van der Waals surface area contributed by atoms with Gasteiger partial charge in [0.05, 0.1) is 5.60 Å². The van der Waals surface area contributed by atoms with Crippen molar-refractivity contribution in [3.8, 4) is 0 Å². The summed E-state index contributed by atoms with van der Waals surface area (Å²) in [4.78, 5) is 10.9. The number of carboxylic acid groups (broad SMARTS) is 1. The molecule has 0 radical (unpaired) electrons. The number of hydrogen-bond acceptors (Lipinski definition) is 3. The Balaban J connectivity index is 2.25. The molecular weight excluding hydrogens is 322 g/mol. The van der Waals surface area contributed by atoms with Crippen LogP contribution in [0.2, 0.25) is 0 Å². The largest absolute Gasteiger partial charge is 0.480 e. The lowest BCUT2D eigenvalue weighted by atomic mass is 9.84. The smallest absolute Gasteiger partial charge is 0.329 e. The van der Waals surface area contributed by atoms with Crippen LogP contribution in [0, 0.1) is 0 Å². The van der Waals surface area contributed by atoms with Gasteiger partial charge in [0.15, 0.2) is 0 Å². The van der Waals surface area contributed by atoms with Crippen LogP contribution >= 0.6 is 15.9 Å². The van der Waals surface area contributed by atoms with Crippen molar-refractivity contribution in [3.05, 3.63) is 34.3 Å². The van der Waals surface area contributed by atoms with Crippen LogP contribution in [-0.2, 0) is 15.1 Å². The lowest BCUT2D eigenvalue weighted by Crippen LogP contribution is -2.37. The topological polar surface area (TPSA) is 58.6 Å². The molecule has 5 heteroatoms. The SMILES string of the molecule is O=C(O)COC1(c2ccc(Br)cc2)CCCCNCC1. The maximum absolute atomic E-state index is 10.9. The fraction of sp³-hybridized carbons (Fsp3) is 0.533. The predicted molar refractivity (Wildman–Crippen MR) is 80.7 cm³/mol. The van der Waals surface area contributed by atoms with Crippen molar-refractivity contribution in [2.45, 2.75) is 31.3 Å². The third-order valence-electron chi connectivity index (χ3n) is 3.73. The molecule has 1 fully saturated rings. The van der Waals surface area contributed by atoms with Crippen molar-refractivity contribution in [2.24, 2.45) is 0 Å². The molecule has 1 aromatic rings. The summed E-state index contributed by atoms with van der Waals surface area (Å²) in [5, 5.41) is 12.3. The minimum absolute atomic E-state index is 0.254. The van der Waals surface area contributed by atoms with Gasteiger partial charge in [0, 0.05) is 4.47 Å². The molecule has 110 valence electrons. The second-order valence-electron chi connectivity index (χ2n) is 5.14. The minimum Gasteiger partial charge on any atom is -0.480 e. The Morgan fingerprint density at radius 2 is 2.00 bits per heavy atom. The molecule has 1 heterocycles. The van der Waals surface area contributed by atoms with E-state index >= 15 is 0 Å². The summed E-state index contributed by atoms with van der Waals surface area (Å²) >= 11 is 3.43. The Labute approximate surface area is 127 Å². The van der Waals surface area contributed by atoms with Gasteiger partial charge < -0.3 is 15.2 Å². The Kier molecular flexibility index (Phi) is 5.57. The molecule has 2 N–H and O–H groups in total. The molecular formula is C15H20BrNO3. The normalized spacial score (nSPS) is 23.9. The summed E-state index contributed by atoms with van der Waals surface area (Å²) in [7, 11) is 0. The van der Waals surface area contributed by atoms with E-state index in [0.29, 0.717) is 0 Å². The van der Waals surface area contributed by atoms with Gasteiger partial charge in [-0.25, -0.2) is 4.79 Å². The highest BCUT2D eigenvalue weighted by Gasteiger charge is 2.33. The van der Waals surface area contributed by atoms with Gasteiger partial charge in [-0.1, -0.05) is 28.1 Å². The zero-order valence-corrected chi connectivity index (χ0v) is 13.0. The maximum Gasteiger partial charge on any atom is 0.329 e. The van der Waals surface area contributed by atoms with E-state index in [9.17, 15) is 4.79 Å². The van der Waals surface area contributed by atoms with E-state index in [0.717, 1.165) is 48.8 Å². The number of nitrogens with one attached hydrogen (secondary N) is 1. The van der Waals surface area contributed by atoms with Crippen LogP contribution in [0.3, 0.4) is 0 Å². The third-order valence-corrected chi connectivity index (χ3v) is 4.26. The Hall–Kier alpha value is -0.910. The number of halogens is 1. The minimum atomic E-state index is -0.920. The molecule has 0 bridgehead atoms. The molecule has 0 aromatic heterocycles. The highest BCUT2D eigenvalue weighted by Crippen LogP contribution is 2.36. The molecule has 0 saturated carbocycles. The second kappa shape index (κ2) is 7.20. The Bertz CT molecular complexity index is 439. The monoisotopic (exact) mass is 341 g/mol. The fourth-order valence-corrected chi connectivity index (χ4v) is 2.94. The zero-order chi connectivity index (χ0) is 14.4. The molecule has 1 unspecified atom stereocenters. The van der Waals surface area contributed by atoms with Crippen molar-refractivity contribution in [2.75, 3.05) is 19.7 Å². The molecule has 1 aliphatic rings. The third kappa shape index (κ3) is 4.04. The summed E-state index contributed by atoms with van der Waals surface area (Å²) < 4.78 is 6.85. The lowest BCUT2D eigenvalue weighted by molar-refractivity contribution is -0.152. The van der Waals surface area contributed by atoms with Crippen LogP contribution in [0.25, 0.3) is 0 Å². The Morgan fingerprint density at radius 3 is 2.70 bits per heavy atom. The van der Waals surface area contributed by atoms with Crippen LogP contribution in [0.1, 0.15) is 31.2 Å². The van der Waals surface area contributed by atoms with Crippen LogP contribution < -0.4 is 5.32 Å². The summed E-state index contributed by atoms with van der Waals surface area (Å²) in [5.74, 6) is -0.920. The van der Waals surface area contributed by atoms with E-state index < -0.39 is 11.6 Å². The molecule has 0 spiro atoms. The van der Waals surface area contributed by atoms with Gasteiger partial charge in [0.1, 0.15) is 6.61 Å². The number of benzene rings is 1. The van der Waals surface area contributed by atoms with Gasteiger partial charge in [-0.15, -0.1) is 0 Å². The maximum atomic E-state index is 10.9. The van der Waals surface area contributed by atoms with E-state index in [1.165, 1.54) is 0 Å². The van der Waals surface area contributed by atoms with Crippen molar-refractivity contribution in [3.63, 3.8) is 0 Å². The average molecular weight is 342 g/mol. The quantitative estimate of drug-likeness (QED) is 0.883. The van der Waals surface area contributed by atoms with E-state index in [1.54, 1.807) is 0 Å². The Morgan fingerprint density at radius 1 is 1.25 bits per heavy atom. The van der Waals surface area contributed by atoms with Gasteiger partial charge in [0.2, 0.25) is 0 Å². The molecule has 1 aromatic carbocycles. The van der Waals surface area contributed by atoms with Gasteiger partial charge >= 0.3 is 5.97 Å². The van der Waals surface area contributed by atoms with Gasteiger partial charge in [0.25, 0.3) is 0 Å². The molecule has 1 saturated heterocycles. The van der Waals surface area contributed by atoms with Gasteiger partial charge in [-0.05, 0) is 56.5 Å². The van der Waals surface area contributed by atoms with Crippen LogP contribution in [0.15, 0.2) is 28.7 Å². The number of hydrogen-bond donors (Lipinski definition) is 2. The standard InChI is InChI=1S/C15H20BrNO3/c16-13-5-3-12(4-6-13)15(20-11-14(18)19)7-1-2-9-17-10-8-15/h3-6,17H,1-2,7-11H2,(H,18,19). The predicted octanol–water partition coefficient (Wildman–Crippen LogP) is 2.91. The number of rotatable bonds is 4. The van der Waals surface area contributed by atoms with Crippen molar-refractivity contribution in [1.29, 1.82) is 0 Å². The molecule has 20 heavy (non-hydrogen) atoms. The highest BCUT2D eigenvalue weighted by atomic mass is 79.9. The van der Waals surface area contributed by atoms with E-state index in [-0.39, 0.29) is 6.61 Å². The van der Waals surface area contributed by atoms with Crippen LogP contribution in [0.5, 0.6) is 0 Å². The first-order chi connectivity index (χ1) is 9.62.